The monoisotopic (exact) mass is 225 g/mol. The molecule has 2 N–H and O–H groups in total. The Morgan fingerprint density at radius 1 is 1.60 bits per heavy atom. The van der Waals surface area contributed by atoms with Crippen molar-refractivity contribution in [3.63, 3.8) is 0 Å². The summed E-state index contributed by atoms with van der Waals surface area (Å²) in [5.41, 5.74) is -0.621. The van der Waals surface area contributed by atoms with Gasteiger partial charge in [0.15, 0.2) is 0 Å². The normalized spacial score (nSPS) is 19.1. The van der Waals surface area contributed by atoms with Crippen molar-refractivity contribution in [1.29, 1.82) is 0 Å². The summed E-state index contributed by atoms with van der Waals surface area (Å²) in [5.74, 6) is 0.783. The molecule has 0 spiro atoms. The molecule has 1 aliphatic carbocycles. The van der Waals surface area contributed by atoms with E-state index in [4.69, 9.17) is 0 Å². The summed E-state index contributed by atoms with van der Waals surface area (Å²) in [6.07, 6.45) is 2.64. The van der Waals surface area contributed by atoms with Gasteiger partial charge in [-0.25, -0.2) is 0 Å². The summed E-state index contributed by atoms with van der Waals surface area (Å²) in [6.45, 7) is 4.35. The second kappa shape index (κ2) is 4.24. The second-order valence-electron chi connectivity index (χ2n) is 5.02. The van der Waals surface area contributed by atoms with Crippen molar-refractivity contribution in [2.45, 2.75) is 38.3 Å². The third-order valence-corrected chi connectivity index (χ3v) is 3.65. The Morgan fingerprint density at radius 2 is 2.33 bits per heavy atom. The smallest absolute Gasteiger partial charge is 0.0715 e. The van der Waals surface area contributed by atoms with E-state index in [1.165, 1.54) is 17.7 Å². The minimum absolute atomic E-state index is 0.455. The maximum absolute atomic E-state index is 9.71. The van der Waals surface area contributed by atoms with Crippen LogP contribution in [0.5, 0.6) is 0 Å². The van der Waals surface area contributed by atoms with E-state index < -0.39 is 5.60 Å². The van der Waals surface area contributed by atoms with Gasteiger partial charge in [-0.1, -0.05) is 6.07 Å². The summed E-state index contributed by atoms with van der Waals surface area (Å²) in [6, 6.07) is 4.74. The number of nitrogens with one attached hydrogen (secondary N) is 1. The zero-order valence-electron chi connectivity index (χ0n) is 9.36. The molecule has 1 heterocycles. The fraction of sp³-hybridized carbons (Fsp3) is 0.667. The average molecular weight is 225 g/mol. The second-order valence-corrected chi connectivity index (χ2v) is 6.00. The quantitative estimate of drug-likeness (QED) is 0.807. The minimum Gasteiger partial charge on any atom is -0.389 e. The first-order valence-electron chi connectivity index (χ1n) is 5.55. The summed E-state index contributed by atoms with van der Waals surface area (Å²) in [7, 11) is 0. The fourth-order valence-corrected chi connectivity index (χ4v) is 2.65. The molecule has 0 amide bonds. The van der Waals surface area contributed by atoms with Crippen LogP contribution >= 0.6 is 11.3 Å². The highest BCUT2D eigenvalue weighted by molar-refractivity contribution is 7.10. The van der Waals surface area contributed by atoms with Crippen LogP contribution < -0.4 is 5.32 Å². The summed E-state index contributed by atoms with van der Waals surface area (Å²) >= 11 is 1.81. The minimum atomic E-state index is -0.621. The Balaban J connectivity index is 1.96. The Morgan fingerprint density at radius 3 is 2.80 bits per heavy atom. The summed E-state index contributed by atoms with van der Waals surface area (Å²) in [5, 5.41) is 15.3. The van der Waals surface area contributed by atoms with E-state index in [1.807, 2.05) is 13.8 Å². The van der Waals surface area contributed by atoms with E-state index >= 15 is 0 Å². The van der Waals surface area contributed by atoms with Gasteiger partial charge in [-0.2, -0.15) is 0 Å². The van der Waals surface area contributed by atoms with Crippen molar-refractivity contribution in [3.8, 4) is 0 Å². The Kier molecular flexibility index (Phi) is 3.14. The van der Waals surface area contributed by atoms with Crippen molar-refractivity contribution in [2.75, 3.05) is 6.54 Å². The van der Waals surface area contributed by atoms with Crippen molar-refractivity contribution < 1.29 is 5.11 Å². The highest BCUT2D eigenvalue weighted by atomic mass is 32.1. The lowest BCUT2D eigenvalue weighted by Gasteiger charge is -2.23. The van der Waals surface area contributed by atoms with Gasteiger partial charge < -0.3 is 10.4 Å². The molecule has 2 nitrogen and oxygen atoms in total. The van der Waals surface area contributed by atoms with Crippen LogP contribution in [-0.2, 0) is 0 Å². The number of hydrogen-bond acceptors (Lipinski definition) is 3. The molecule has 1 fully saturated rings. The maximum atomic E-state index is 9.71. The van der Waals surface area contributed by atoms with Crippen LogP contribution in [0.25, 0.3) is 0 Å². The molecule has 84 valence electrons. The molecule has 0 aromatic carbocycles. The molecule has 0 saturated heterocycles. The van der Waals surface area contributed by atoms with Crippen LogP contribution in [0.4, 0.5) is 0 Å². The van der Waals surface area contributed by atoms with Gasteiger partial charge in [-0.05, 0) is 44.1 Å². The van der Waals surface area contributed by atoms with Crippen LogP contribution in [0.3, 0.4) is 0 Å². The van der Waals surface area contributed by atoms with Gasteiger partial charge in [-0.15, -0.1) is 11.3 Å². The lowest BCUT2D eigenvalue weighted by Crippen LogP contribution is -2.37. The molecule has 0 bridgehead atoms. The molecular weight excluding hydrogens is 206 g/mol. The highest BCUT2D eigenvalue weighted by Gasteiger charge is 2.33. The SMILES string of the molecule is CC(C)(O)CNC(c1cccs1)C1CC1. The number of rotatable bonds is 5. The van der Waals surface area contributed by atoms with E-state index in [-0.39, 0.29) is 0 Å². The molecule has 1 unspecified atom stereocenters. The average Bonchev–Trinajstić information content (AvgIpc) is 2.80. The van der Waals surface area contributed by atoms with Gasteiger partial charge in [0.25, 0.3) is 0 Å². The van der Waals surface area contributed by atoms with Crippen molar-refractivity contribution in [1.82, 2.24) is 5.32 Å². The van der Waals surface area contributed by atoms with Gasteiger partial charge in [0.2, 0.25) is 0 Å². The van der Waals surface area contributed by atoms with Crippen LogP contribution in [0, 0.1) is 5.92 Å². The Bertz CT molecular complexity index is 298. The molecule has 15 heavy (non-hydrogen) atoms. The third-order valence-electron chi connectivity index (χ3n) is 2.70. The fourth-order valence-electron chi connectivity index (χ4n) is 1.76. The first-order valence-corrected chi connectivity index (χ1v) is 6.43. The summed E-state index contributed by atoms with van der Waals surface area (Å²) < 4.78 is 0. The van der Waals surface area contributed by atoms with Crippen LogP contribution in [-0.4, -0.2) is 17.3 Å². The number of aliphatic hydroxyl groups is 1. The van der Waals surface area contributed by atoms with E-state index in [1.54, 1.807) is 11.3 Å². The van der Waals surface area contributed by atoms with Gasteiger partial charge in [0, 0.05) is 17.5 Å². The van der Waals surface area contributed by atoms with Crippen molar-refractivity contribution in [3.05, 3.63) is 22.4 Å². The van der Waals surface area contributed by atoms with Crippen LogP contribution in [0.15, 0.2) is 17.5 Å². The maximum Gasteiger partial charge on any atom is 0.0715 e. The van der Waals surface area contributed by atoms with E-state index in [0.29, 0.717) is 12.6 Å². The predicted octanol–water partition coefficient (Wildman–Crippen LogP) is 2.56. The standard InChI is InChI=1S/C12H19NOS/c1-12(2,14)8-13-11(9-5-6-9)10-4-3-7-15-10/h3-4,7,9,11,13-14H,5-6,8H2,1-2H3. The third kappa shape index (κ3) is 3.30. The van der Waals surface area contributed by atoms with E-state index in [9.17, 15) is 5.11 Å². The van der Waals surface area contributed by atoms with Gasteiger partial charge in [-0.3, -0.25) is 0 Å². The molecule has 2 rings (SSSR count). The Labute approximate surface area is 95.3 Å². The molecule has 0 aliphatic heterocycles. The lowest BCUT2D eigenvalue weighted by molar-refractivity contribution is 0.0756. The predicted molar refractivity (Wildman–Crippen MR) is 64.1 cm³/mol. The van der Waals surface area contributed by atoms with Gasteiger partial charge in [0.1, 0.15) is 0 Å². The topological polar surface area (TPSA) is 32.3 Å². The van der Waals surface area contributed by atoms with Gasteiger partial charge in [0.05, 0.1) is 5.60 Å². The van der Waals surface area contributed by atoms with Crippen molar-refractivity contribution in [2.24, 2.45) is 5.92 Å². The van der Waals surface area contributed by atoms with Crippen LogP contribution in [0.1, 0.15) is 37.6 Å². The molecule has 1 aromatic heterocycles. The lowest BCUT2D eigenvalue weighted by atomic mass is 10.1. The van der Waals surface area contributed by atoms with Crippen LogP contribution in [0.2, 0.25) is 0 Å². The zero-order chi connectivity index (χ0) is 10.9. The molecular formula is C12H19NOS. The van der Waals surface area contributed by atoms with Crippen molar-refractivity contribution >= 4 is 11.3 Å². The highest BCUT2D eigenvalue weighted by Crippen LogP contribution is 2.42. The largest absolute Gasteiger partial charge is 0.389 e. The van der Waals surface area contributed by atoms with Gasteiger partial charge >= 0.3 is 0 Å². The first kappa shape index (κ1) is 11.1. The molecule has 1 saturated carbocycles. The molecule has 3 heteroatoms. The first-order chi connectivity index (χ1) is 7.06. The molecule has 1 aliphatic rings. The summed E-state index contributed by atoms with van der Waals surface area (Å²) in [4.78, 5) is 1.40. The van der Waals surface area contributed by atoms with E-state index in [0.717, 1.165) is 5.92 Å². The molecule has 1 aromatic rings. The zero-order valence-corrected chi connectivity index (χ0v) is 10.2. The Hall–Kier alpha value is -0.380. The number of hydrogen-bond donors (Lipinski definition) is 2. The molecule has 1 atom stereocenters. The number of thiophene rings is 1. The van der Waals surface area contributed by atoms with E-state index in [2.05, 4.69) is 22.8 Å². The molecule has 0 radical (unpaired) electrons.